The molecule has 0 saturated heterocycles. The van der Waals surface area contributed by atoms with Gasteiger partial charge in [-0.25, -0.2) is 0 Å². The molecule has 0 radical (unpaired) electrons. The lowest BCUT2D eigenvalue weighted by molar-refractivity contribution is 0.342. The van der Waals surface area contributed by atoms with Crippen LogP contribution in [0.2, 0.25) is 5.02 Å². The number of halogens is 1. The van der Waals surface area contributed by atoms with Gasteiger partial charge in [0.2, 0.25) is 0 Å². The van der Waals surface area contributed by atoms with Crippen LogP contribution in [0.4, 0.5) is 0 Å². The maximum Gasteiger partial charge on any atom is 0.0450 e. The van der Waals surface area contributed by atoms with E-state index in [9.17, 15) is 0 Å². The van der Waals surface area contributed by atoms with E-state index < -0.39 is 0 Å². The first kappa shape index (κ1) is 11.9. The van der Waals surface area contributed by atoms with E-state index in [4.69, 9.17) is 17.3 Å². The minimum absolute atomic E-state index is 0.415. The van der Waals surface area contributed by atoms with E-state index >= 15 is 0 Å². The zero-order valence-corrected chi connectivity index (χ0v) is 10.2. The fourth-order valence-corrected chi connectivity index (χ4v) is 2.42. The van der Waals surface area contributed by atoms with E-state index in [1.807, 2.05) is 18.2 Å². The molecule has 1 aromatic carbocycles. The standard InChI is InChI=1S/C13H19ClN2/c14-13-4-2-1-3-10(13)9-16-12-7-5-11(15)6-8-12/h1-4,11-12,16H,5-9,15H2. The number of rotatable bonds is 3. The Balaban J connectivity index is 1.81. The molecule has 0 atom stereocenters. The first-order valence-electron chi connectivity index (χ1n) is 5.98. The van der Waals surface area contributed by atoms with E-state index in [-0.39, 0.29) is 0 Å². The van der Waals surface area contributed by atoms with Crippen molar-refractivity contribution >= 4 is 11.6 Å². The van der Waals surface area contributed by atoms with Crippen LogP contribution < -0.4 is 11.1 Å². The first-order valence-corrected chi connectivity index (χ1v) is 6.36. The van der Waals surface area contributed by atoms with Crippen molar-refractivity contribution in [2.24, 2.45) is 5.73 Å². The van der Waals surface area contributed by atoms with Gasteiger partial charge in [-0.15, -0.1) is 0 Å². The van der Waals surface area contributed by atoms with Gasteiger partial charge in [-0.1, -0.05) is 29.8 Å². The van der Waals surface area contributed by atoms with Crippen LogP contribution in [0, 0.1) is 0 Å². The predicted molar refractivity (Wildman–Crippen MR) is 68.5 cm³/mol. The zero-order valence-electron chi connectivity index (χ0n) is 9.45. The summed E-state index contributed by atoms with van der Waals surface area (Å²) in [5.74, 6) is 0. The molecule has 2 rings (SSSR count). The lowest BCUT2D eigenvalue weighted by atomic mass is 9.92. The molecule has 0 heterocycles. The molecule has 2 nitrogen and oxygen atoms in total. The lowest BCUT2D eigenvalue weighted by Crippen LogP contribution is -2.37. The van der Waals surface area contributed by atoms with Gasteiger partial charge >= 0.3 is 0 Å². The van der Waals surface area contributed by atoms with E-state index in [0.717, 1.165) is 24.4 Å². The molecule has 0 amide bonds. The number of nitrogens with one attached hydrogen (secondary N) is 1. The minimum atomic E-state index is 0.415. The van der Waals surface area contributed by atoms with Crippen LogP contribution >= 0.6 is 11.6 Å². The Bertz CT molecular complexity index is 332. The van der Waals surface area contributed by atoms with Crippen molar-refractivity contribution in [2.45, 2.75) is 44.3 Å². The van der Waals surface area contributed by atoms with Gasteiger partial charge in [-0.2, -0.15) is 0 Å². The largest absolute Gasteiger partial charge is 0.328 e. The first-order chi connectivity index (χ1) is 7.75. The van der Waals surface area contributed by atoms with Crippen molar-refractivity contribution in [3.05, 3.63) is 34.9 Å². The summed E-state index contributed by atoms with van der Waals surface area (Å²) in [7, 11) is 0. The highest BCUT2D eigenvalue weighted by Crippen LogP contribution is 2.19. The molecule has 0 spiro atoms. The highest BCUT2D eigenvalue weighted by Gasteiger charge is 2.17. The third-order valence-corrected chi connectivity index (χ3v) is 3.68. The SMILES string of the molecule is NC1CCC(NCc2ccccc2Cl)CC1. The smallest absolute Gasteiger partial charge is 0.0450 e. The number of nitrogens with two attached hydrogens (primary N) is 1. The topological polar surface area (TPSA) is 38.0 Å². The molecule has 1 fully saturated rings. The number of benzene rings is 1. The lowest BCUT2D eigenvalue weighted by Gasteiger charge is -2.27. The second kappa shape index (κ2) is 5.67. The molecule has 0 unspecified atom stereocenters. The average Bonchev–Trinajstić information content (AvgIpc) is 2.30. The third-order valence-electron chi connectivity index (χ3n) is 3.31. The average molecular weight is 239 g/mol. The summed E-state index contributed by atoms with van der Waals surface area (Å²) in [6, 6.07) is 9.03. The molecule has 0 bridgehead atoms. The van der Waals surface area contributed by atoms with Gasteiger partial charge in [0.1, 0.15) is 0 Å². The van der Waals surface area contributed by atoms with Crippen LogP contribution in [0.3, 0.4) is 0 Å². The number of hydrogen-bond acceptors (Lipinski definition) is 2. The van der Waals surface area contributed by atoms with Gasteiger partial charge in [-0.3, -0.25) is 0 Å². The molecular weight excluding hydrogens is 220 g/mol. The van der Waals surface area contributed by atoms with Gasteiger partial charge in [0, 0.05) is 23.7 Å². The quantitative estimate of drug-likeness (QED) is 0.850. The van der Waals surface area contributed by atoms with Crippen LogP contribution in [-0.2, 0) is 6.54 Å². The van der Waals surface area contributed by atoms with Crippen LogP contribution in [-0.4, -0.2) is 12.1 Å². The van der Waals surface area contributed by atoms with E-state index in [2.05, 4.69) is 11.4 Å². The third kappa shape index (κ3) is 3.21. The Morgan fingerprint density at radius 3 is 2.56 bits per heavy atom. The maximum absolute atomic E-state index is 6.11. The van der Waals surface area contributed by atoms with E-state index in [1.54, 1.807) is 0 Å². The Morgan fingerprint density at radius 1 is 1.19 bits per heavy atom. The molecule has 1 aliphatic rings. The van der Waals surface area contributed by atoms with Crippen molar-refractivity contribution in [1.82, 2.24) is 5.32 Å². The molecule has 1 aromatic rings. The van der Waals surface area contributed by atoms with Gasteiger partial charge in [0.05, 0.1) is 0 Å². The molecule has 1 aliphatic carbocycles. The van der Waals surface area contributed by atoms with Gasteiger partial charge in [-0.05, 0) is 37.3 Å². The molecule has 3 heteroatoms. The molecule has 0 aliphatic heterocycles. The fraction of sp³-hybridized carbons (Fsp3) is 0.538. The van der Waals surface area contributed by atoms with Crippen molar-refractivity contribution in [3.63, 3.8) is 0 Å². The summed E-state index contributed by atoms with van der Waals surface area (Å²) in [4.78, 5) is 0. The summed E-state index contributed by atoms with van der Waals surface area (Å²) >= 11 is 6.11. The second-order valence-corrected chi connectivity index (χ2v) is 4.99. The zero-order chi connectivity index (χ0) is 11.4. The minimum Gasteiger partial charge on any atom is -0.328 e. The summed E-state index contributed by atoms with van der Waals surface area (Å²) in [5, 5.41) is 4.41. The van der Waals surface area contributed by atoms with E-state index in [0.29, 0.717) is 12.1 Å². The molecule has 88 valence electrons. The fourth-order valence-electron chi connectivity index (χ4n) is 2.22. The van der Waals surface area contributed by atoms with Gasteiger partial charge < -0.3 is 11.1 Å². The predicted octanol–water partition coefficient (Wildman–Crippen LogP) is 2.70. The normalized spacial score (nSPS) is 25.6. The summed E-state index contributed by atoms with van der Waals surface area (Å²) < 4.78 is 0. The highest BCUT2D eigenvalue weighted by atomic mass is 35.5. The van der Waals surface area contributed by atoms with Crippen LogP contribution in [0.1, 0.15) is 31.2 Å². The van der Waals surface area contributed by atoms with Crippen LogP contribution in [0.5, 0.6) is 0 Å². The summed E-state index contributed by atoms with van der Waals surface area (Å²) in [5.41, 5.74) is 7.06. The molecule has 0 aromatic heterocycles. The van der Waals surface area contributed by atoms with Crippen molar-refractivity contribution < 1.29 is 0 Å². The molecular formula is C13H19ClN2. The maximum atomic E-state index is 6.11. The van der Waals surface area contributed by atoms with E-state index in [1.165, 1.54) is 18.4 Å². The highest BCUT2D eigenvalue weighted by molar-refractivity contribution is 6.31. The Hall–Kier alpha value is -0.570. The Morgan fingerprint density at radius 2 is 1.88 bits per heavy atom. The van der Waals surface area contributed by atoms with Crippen molar-refractivity contribution in [2.75, 3.05) is 0 Å². The Kier molecular flexibility index (Phi) is 4.22. The van der Waals surface area contributed by atoms with Crippen molar-refractivity contribution in [3.8, 4) is 0 Å². The molecule has 3 N–H and O–H groups in total. The second-order valence-electron chi connectivity index (χ2n) is 4.58. The monoisotopic (exact) mass is 238 g/mol. The Labute approximate surface area is 102 Å². The molecule has 16 heavy (non-hydrogen) atoms. The van der Waals surface area contributed by atoms with Crippen LogP contribution in [0.15, 0.2) is 24.3 Å². The molecule has 1 saturated carbocycles. The number of hydrogen-bond donors (Lipinski definition) is 2. The summed E-state index contributed by atoms with van der Waals surface area (Å²) in [6.07, 6.45) is 4.65. The van der Waals surface area contributed by atoms with Gasteiger partial charge in [0.25, 0.3) is 0 Å². The van der Waals surface area contributed by atoms with Crippen LogP contribution in [0.25, 0.3) is 0 Å². The summed E-state index contributed by atoms with van der Waals surface area (Å²) in [6.45, 7) is 0.861. The van der Waals surface area contributed by atoms with Gasteiger partial charge in [0.15, 0.2) is 0 Å². The van der Waals surface area contributed by atoms with Crippen molar-refractivity contribution in [1.29, 1.82) is 0 Å².